The second-order valence-electron chi connectivity index (χ2n) is 9.62. The summed E-state index contributed by atoms with van der Waals surface area (Å²) in [6.45, 7) is 2.62. The fraction of sp³-hybridized carbons (Fsp3) is 0.200. The highest BCUT2D eigenvalue weighted by atomic mass is 16.5. The van der Waals surface area contributed by atoms with Crippen molar-refractivity contribution in [3.05, 3.63) is 77.7 Å². The molecule has 3 heterocycles. The lowest BCUT2D eigenvalue weighted by molar-refractivity contribution is -0.136. The Labute approximate surface area is 214 Å². The van der Waals surface area contributed by atoms with Crippen molar-refractivity contribution in [2.45, 2.75) is 19.8 Å². The van der Waals surface area contributed by atoms with E-state index >= 15 is 0 Å². The van der Waals surface area contributed by atoms with Gasteiger partial charge in [-0.25, -0.2) is 9.97 Å². The number of carbonyl (C=O) groups is 1. The van der Waals surface area contributed by atoms with Crippen LogP contribution in [0.2, 0.25) is 0 Å². The fourth-order valence-corrected chi connectivity index (χ4v) is 5.26. The van der Waals surface area contributed by atoms with Crippen molar-refractivity contribution < 1.29 is 14.6 Å². The van der Waals surface area contributed by atoms with E-state index in [1.54, 1.807) is 0 Å². The van der Waals surface area contributed by atoms with E-state index in [2.05, 4.69) is 28.2 Å². The molecule has 0 radical (unpaired) electrons. The second kappa shape index (κ2) is 8.85. The molecule has 0 bridgehead atoms. The minimum absolute atomic E-state index is 0.0713. The van der Waals surface area contributed by atoms with Crippen molar-refractivity contribution in [1.29, 1.82) is 0 Å². The number of aromatic nitrogens is 3. The quantitative estimate of drug-likeness (QED) is 0.351. The van der Waals surface area contributed by atoms with Crippen molar-refractivity contribution >= 4 is 33.6 Å². The molecule has 0 saturated heterocycles. The third kappa shape index (κ3) is 3.93. The van der Waals surface area contributed by atoms with Gasteiger partial charge in [0.15, 0.2) is 0 Å². The first-order chi connectivity index (χ1) is 17.9. The summed E-state index contributed by atoms with van der Waals surface area (Å²) in [7, 11) is 3.82. The summed E-state index contributed by atoms with van der Waals surface area (Å²) in [5.41, 5.74) is 7.51. The highest BCUT2D eigenvalue weighted by Crippen LogP contribution is 2.43. The van der Waals surface area contributed by atoms with E-state index in [4.69, 9.17) is 9.72 Å². The van der Waals surface area contributed by atoms with E-state index < -0.39 is 5.97 Å². The molecule has 0 unspecified atom stereocenters. The van der Waals surface area contributed by atoms with Crippen LogP contribution in [0.25, 0.3) is 43.9 Å². The maximum Gasteiger partial charge on any atom is 0.307 e. The molecule has 7 heteroatoms. The summed E-state index contributed by atoms with van der Waals surface area (Å²) in [5.74, 6) is 0.617. The highest BCUT2D eigenvalue weighted by molar-refractivity contribution is 6.09. The molecule has 0 spiro atoms. The van der Waals surface area contributed by atoms with Gasteiger partial charge in [0.1, 0.15) is 5.75 Å². The molecule has 37 heavy (non-hydrogen) atoms. The normalized spacial score (nSPS) is 12.5. The van der Waals surface area contributed by atoms with Crippen molar-refractivity contribution in [2.24, 2.45) is 0 Å². The van der Waals surface area contributed by atoms with Gasteiger partial charge in [-0.15, -0.1) is 0 Å². The van der Waals surface area contributed by atoms with E-state index in [1.807, 2.05) is 68.8 Å². The molecule has 0 atom stereocenters. The van der Waals surface area contributed by atoms with Gasteiger partial charge in [0.25, 0.3) is 0 Å². The third-order valence-electron chi connectivity index (χ3n) is 7.01. The lowest BCUT2D eigenvalue weighted by Gasteiger charge is -2.22. The largest absolute Gasteiger partial charge is 0.493 e. The average Bonchev–Trinajstić information content (AvgIpc) is 2.90. The number of aliphatic carboxylic acids is 1. The first kappa shape index (κ1) is 22.9. The molecule has 1 N–H and O–H groups in total. The number of hydrogen-bond acceptors (Lipinski definition) is 6. The van der Waals surface area contributed by atoms with Gasteiger partial charge >= 0.3 is 5.97 Å². The number of carboxylic acid groups (broad SMARTS) is 1. The number of carboxylic acids is 1. The Morgan fingerprint density at radius 1 is 1.03 bits per heavy atom. The average molecular weight is 491 g/mol. The molecule has 3 aromatic carbocycles. The molecule has 1 aliphatic heterocycles. The fourth-order valence-electron chi connectivity index (χ4n) is 5.26. The molecule has 5 aromatic rings. The number of pyridine rings is 1. The Morgan fingerprint density at radius 2 is 1.84 bits per heavy atom. The van der Waals surface area contributed by atoms with Gasteiger partial charge in [0.05, 0.1) is 18.5 Å². The molecule has 1 aliphatic rings. The summed E-state index contributed by atoms with van der Waals surface area (Å²) in [6, 6.07) is 14.3. The van der Waals surface area contributed by atoms with Crippen LogP contribution < -0.4 is 9.64 Å². The number of aryl methyl sites for hydroxylation is 1. The Balaban J connectivity index is 1.60. The number of nitrogens with zero attached hydrogens (tertiary/aromatic N) is 4. The van der Waals surface area contributed by atoms with Gasteiger partial charge in [0, 0.05) is 55.6 Å². The molecule has 6 rings (SSSR count). The van der Waals surface area contributed by atoms with Crippen LogP contribution in [0.4, 0.5) is 5.95 Å². The Morgan fingerprint density at radius 3 is 2.59 bits per heavy atom. The van der Waals surface area contributed by atoms with Gasteiger partial charge in [0.2, 0.25) is 5.95 Å². The van der Waals surface area contributed by atoms with E-state index in [1.165, 1.54) is 5.56 Å². The van der Waals surface area contributed by atoms with Crippen LogP contribution in [0, 0.1) is 6.92 Å². The second-order valence-corrected chi connectivity index (χ2v) is 9.62. The number of hydrogen-bond donors (Lipinski definition) is 1. The molecule has 0 amide bonds. The van der Waals surface area contributed by atoms with Gasteiger partial charge in [-0.3, -0.25) is 9.78 Å². The third-order valence-corrected chi connectivity index (χ3v) is 7.01. The summed E-state index contributed by atoms with van der Waals surface area (Å²) in [5, 5.41) is 12.8. The zero-order valence-corrected chi connectivity index (χ0v) is 20.9. The molecular weight excluding hydrogens is 464 g/mol. The Bertz CT molecular complexity index is 1680. The van der Waals surface area contributed by atoms with E-state index in [9.17, 15) is 9.90 Å². The van der Waals surface area contributed by atoms with Crippen molar-refractivity contribution in [2.75, 3.05) is 25.6 Å². The van der Waals surface area contributed by atoms with Crippen molar-refractivity contribution in [3.8, 4) is 28.0 Å². The van der Waals surface area contributed by atoms with E-state index in [0.717, 1.165) is 67.2 Å². The molecule has 0 aliphatic carbocycles. The monoisotopic (exact) mass is 490 g/mol. The van der Waals surface area contributed by atoms with E-state index in [0.29, 0.717) is 12.6 Å². The predicted octanol–water partition coefficient (Wildman–Crippen LogP) is 5.45. The van der Waals surface area contributed by atoms with Crippen molar-refractivity contribution in [3.63, 3.8) is 0 Å². The highest BCUT2D eigenvalue weighted by Gasteiger charge is 2.22. The maximum atomic E-state index is 11.9. The minimum atomic E-state index is -0.863. The van der Waals surface area contributed by atoms with Crippen LogP contribution in [0.1, 0.15) is 16.7 Å². The molecule has 184 valence electrons. The summed E-state index contributed by atoms with van der Waals surface area (Å²) >= 11 is 0. The number of fused-ring (bicyclic) bond motifs is 1. The predicted molar refractivity (Wildman–Crippen MR) is 145 cm³/mol. The minimum Gasteiger partial charge on any atom is -0.493 e. The SMILES string of the molecule is Cc1cc2cc(-c3cnc(N(C)C)nc3)ccc2c(-c2ccc3c4c(ccnc24)CCO3)c1CC(=O)O. The van der Waals surface area contributed by atoms with Gasteiger partial charge in [-0.05, 0) is 69.8 Å². The maximum absolute atomic E-state index is 11.9. The molecule has 2 aromatic heterocycles. The van der Waals surface area contributed by atoms with Crippen LogP contribution in [-0.4, -0.2) is 46.7 Å². The van der Waals surface area contributed by atoms with Crippen molar-refractivity contribution in [1.82, 2.24) is 15.0 Å². The number of ether oxygens (including phenoxy) is 1. The van der Waals surface area contributed by atoms with Gasteiger partial charge < -0.3 is 14.7 Å². The number of anilines is 1. The molecule has 0 saturated carbocycles. The van der Waals surface area contributed by atoms with Crippen LogP contribution in [0.15, 0.2) is 61.1 Å². The Kier molecular flexibility index (Phi) is 5.48. The standard InChI is InChI=1S/C30H26N4O3/c1-17-12-20-13-19(21-15-32-30(33-16-21)34(2)3)4-5-22(20)28(24(17)14-26(35)36)23-6-7-25-27-18(9-11-37-25)8-10-31-29(23)27/h4-8,10,12-13,15-16H,9,11,14H2,1-3H3,(H,35,36). The summed E-state index contributed by atoms with van der Waals surface area (Å²) in [4.78, 5) is 27.5. The zero-order valence-electron chi connectivity index (χ0n) is 20.9. The number of rotatable bonds is 5. The smallest absolute Gasteiger partial charge is 0.307 e. The van der Waals surface area contributed by atoms with Crippen LogP contribution in [0.5, 0.6) is 5.75 Å². The Hall–Kier alpha value is -4.52. The first-order valence-electron chi connectivity index (χ1n) is 12.2. The zero-order chi connectivity index (χ0) is 25.7. The van der Waals surface area contributed by atoms with E-state index in [-0.39, 0.29) is 6.42 Å². The van der Waals surface area contributed by atoms with Crippen LogP contribution in [-0.2, 0) is 17.6 Å². The molecule has 7 nitrogen and oxygen atoms in total. The summed E-state index contributed by atoms with van der Waals surface area (Å²) < 4.78 is 5.93. The van der Waals surface area contributed by atoms with Crippen LogP contribution >= 0.6 is 0 Å². The number of benzene rings is 3. The lowest BCUT2D eigenvalue weighted by atomic mass is 9.86. The van der Waals surface area contributed by atoms with Crippen LogP contribution in [0.3, 0.4) is 0 Å². The molecule has 0 fully saturated rings. The first-order valence-corrected chi connectivity index (χ1v) is 12.2. The molecular formula is C30H26N4O3. The lowest BCUT2D eigenvalue weighted by Crippen LogP contribution is -2.12. The summed E-state index contributed by atoms with van der Waals surface area (Å²) in [6.07, 6.45) is 6.24. The van der Waals surface area contributed by atoms with Gasteiger partial charge in [-0.2, -0.15) is 0 Å². The topological polar surface area (TPSA) is 88.4 Å². The van der Waals surface area contributed by atoms with Gasteiger partial charge in [-0.1, -0.05) is 18.2 Å².